The van der Waals surface area contributed by atoms with Crippen LogP contribution in [0.2, 0.25) is 0 Å². The summed E-state index contributed by atoms with van der Waals surface area (Å²) >= 11 is 0. The fourth-order valence-electron chi connectivity index (χ4n) is 15.3. The highest BCUT2D eigenvalue weighted by molar-refractivity contribution is 6.15. The summed E-state index contributed by atoms with van der Waals surface area (Å²) in [4.78, 5) is 0. The zero-order chi connectivity index (χ0) is 67.8. The van der Waals surface area contributed by atoms with Gasteiger partial charge in [0.25, 0.3) is 0 Å². The summed E-state index contributed by atoms with van der Waals surface area (Å²) in [6.45, 7) is 29.6. The molecule has 7 nitrogen and oxygen atoms in total. The lowest BCUT2D eigenvalue weighted by atomic mass is 9.92. The number of aromatic nitrogens is 3. The summed E-state index contributed by atoms with van der Waals surface area (Å²) in [5.74, 6) is 0. The number of hydrogen-bond acceptors (Lipinski definition) is 4. The first kappa shape index (κ1) is 62.0. The summed E-state index contributed by atoms with van der Waals surface area (Å²) in [7, 11) is 0. The van der Waals surface area contributed by atoms with Crippen molar-refractivity contribution in [2.75, 3.05) is 0 Å². The first-order valence-electron chi connectivity index (χ1n) is 32.7. The smallest absolute Gasteiger partial charge is 0.101 e. The van der Waals surface area contributed by atoms with Crippen molar-refractivity contribution < 1.29 is 0 Å². The lowest BCUT2D eigenvalue weighted by Gasteiger charge is -2.16. The molecule has 14 aromatic rings. The van der Waals surface area contributed by atoms with Gasteiger partial charge in [0.1, 0.15) is 24.3 Å². The fraction of sp³-hybridized carbons (Fsp3) is 0.111. The second-order valence-corrected chi connectivity index (χ2v) is 25.9. The molecule has 11 aromatic carbocycles. The minimum absolute atomic E-state index is 0.358. The van der Waals surface area contributed by atoms with Gasteiger partial charge >= 0.3 is 0 Å². The van der Waals surface area contributed by atoms with Gasteiger partial charge in [0.15, 0.2) is 0 Å². The van der Waals surface area contributed by atoms with E-state index in [2.05, 4.69) is 277 Å². The van der Waals surface area contributed by atoms with E-state index >= 15 is 0 Å². The summed E-state index contributed by atoms with van der Waals surface area (Å²) in [6, 6.07) is 79.6. The highest BCUT2D eigenvalue weighted by Gasteiger charge is 2.26. The van der Waals surface area contributed by atoms with Crippen molar-refractivity contribution in [3.63, 3.8) is 0 Å². The van der Waals surface area contributed by atoms with Gasteiger partial charge in [0, 0.05) is 38.0 Å². The Kier molecular flexibility index (Phi) is 15.6. The maximum atomic E-state index is 11.4. The second-order valence-electron chi connectivity index (χ2n) is 25.9. The minimum atomic E-state index is 0.358. The van der Waals surface area contributed by atoms with Crippen LogP contribution in [0.4, 0.5) is 0 Å². The molecule has 0 aliphatic heterocycles. The molecule has 97 heavy (non-hydrogen) atoms. The number of nitriles is 4. The van der Waals surface area contributed by atoms with Crippen molar-refractivity contribution in [1.82, 2.24) is 13.7 Å². The quantitative estimate of drug-likeness (QED) is 0.113. The SMILES string of the molecule is C=C/C(C)=C(\C(=C)C)c1ccc2c(c1)c1cc(C(=C(C)C)/C(C)=C\C)ccc1n2-c1c(C#N)cc(-c2ccc3c4ccc(-c5cc(C#N)c(-n6c7ccc(-c8c(C)cccc8C)cc7c7cc(-c8c(C)cccc8C)ccc76)c(C#N)c5)cc4n(-c4ccccc4)c3c2)cc1C#N. The van der Waals surface area contributed by atoms with Crippen LogP contribution < -0.4 is 0 Å². The number of fused-ring (bicyclic) bond motifs is 9. The Bertz CT molecular complexity index is 5850. The van der Waals surface area contributed by atoms with Crippen LogP contribution in [0.1, 0.15) is 97.2 Å². The molecule has 0 saturated heterocycles. The molecule has 7 heteroatoms. The highest BCUT2D eigenvalue weighted by atomic mass is 15.0. The van der Waals surface area contributed by atoms with Crippen LogP contribution in [-0.2, 0) is 0 Å². The lowest BCUT2D eigenvalue weighted by Crippen LogP contribution is -2.02. The van der Waals surface area contributed by atoms with Crippen molar-refractivity contribution in [3.8, 4) is 85.8 Å². The van der Waals surface area contributed by atoms with Crippen LogP contribution >= 0.6 is 0 Å². The third-order valence-electron chi connectivity index (χ3n) is 19.7. The van der Waals surface area contributed by atoms with E-state index in [1.807, 2.05) is 55.5 Å². The molecule has 0 aliphatic rings. The van der Waals surface area contributed by atoms with Gasteiger partial charge in [0.05, 0.1) is 66.7 Å². The van der Waals surface area contributed by atoms with E-state index in [9.17, 15) is 21.0 Å². The number of hydrogen-bond donors (Lipinski definition) is 0. The van der Waals surface area contributed by atoms with Gasteiger partial charge < -0.3 is 13.7 Å². The van der Waals surface area contributed by atoms with Crippen molar-refractivity contribution in [3.05, 3.63) is 303 Å². The molecule has 0 saturated carbocycles. The predicted molar refractivity (Wildman–Crippen MR) is 404 cm³/mol. The van der Waals surface area contributed by atoms with Crippen LogP contribution in [0.25, 0.3) is 138 Å². The van der Waals surface area contributed by atoms with E-state index in [1.54, 1.807) is 0 Å². The van der Waals surface area contributed by atoms with Gasteiger partial charge in [0.2, 0.25) is 0 Å². The molecule has 0 bridgehead atoms. The van der Waals surface area contributed by atoms with Gasteiger partial charge in [-0.3, -0.25) is 0 Å². The maximum Gasteiger partial charge on any atom is 0.101 e. The standard InChI is InChI=1S/C90H69N7/c1-13-54(7)85(52(3)4)62-28-34-79-75(42-62)76-43-63(86(53(5)6)55(8)14-2)29-35-80(76)96(79)89-68(48-91)38-66(39-69(89)49-92)60-26-32-73-74-33-27-61(47-84(74)95(83(73)46-60)72-24-16-15-17-25-72)67-40-70(50-93)90(71(41-67)51-94)97-81-36-30-64(87-56(9)20-18-21-57(87)10)44-77(81)78-45-65(31-37-82(78)97)88-58(11)22-19-23-59(88)12/h13-47H,1,3H2,2,4-12H3/b55-14-,85-54+. The molecular weight excluding hydrogens is 1180 g/mol. The normalized spacial score (nSPS) is 11.9. The third kappa shape index (κ3) is 10.2. The van der Waals surface area contributed by atoms with Crippen LogP contribution in [0.5, 0.6) is 0 Å². The molecule has 0 amide bonds. The zero-order valence-electron chi connectivity index (χ0n) is 56.3. The molecule has 0 fully saturated rings. The van der Waals surface area contributed by atoms with Crippen LogP contribution in [-0.4, -0.2) is 13.7 Å². The van der Waals surface area contributed by atoms with Gasteiger partial charge in [-0.05, 0) is 266 Å². The zero-order valence-corrected chi connectivity index (χ0v) is 56.3. The summed E-state index contributed by atoms with van der Waals surface area (Å²) < 4.78 is 6.45. The van der Waals surface area contributed by atoms with E-state index < -0.39 is 0 Å². The molecule has 0 radical (unpaired) electrons. The predicted octanol–water partition coefficient (Wildman–Crippen LogP) is 23.7. The second kappa shape index (κ2) is 24.4. The molecule has 3 aromatic heterocycles. The number of allylic oxidation sites excluding steroid dienone is 8. The Morgan fingerprint density at radius 1 is 0.371 bits per heavy atom. The Balaban J connectivity index is 0.921. The number of para-hydroxylation sites is 1. The fourth-order valence-corrected chi connectivity index (χ4v) is 15.3. The third-order valence-corrected chi connectivity index (χ3v) is 19.7. The lowest BCUT2D eigenvalue weighted by molar-refractivity contribution is 1.15. The van der Waals surface area contributed by atoms with Crippen molar-refractivity contribution in [1.29, 1.82) is 21.0 Å². The van der Waals surface area contributed by atoms with E-state index in [4.69, 9.17) is 0 Å². The van der Waals surface area contributed by atoms with E-state index in [-0.39, 0.29) is 0 Å². The average Bonchev–Trinajstić information content (AvgIpc) is 1.60. The topological polar surface area (TPSA) is 110 Å². The minimum Gasteiger partial charge on any atom is -0.309 e. The average molecular weight is 1250 g/mol. The molecule has 0 unspecified atom stereocenters. The number of nitrogens with zero attached hydrogens (tertiary/aromatic N) is 7. The van der Waals surface area contributed by atoms with Gasteiger partial charge in [-0.2, -0.15) is 21.0 Å². The number of rotatable bonds is 12. The Morgan fingerprint density at radius 3 is 1.12 bits per heavy atom. The molecule has 0 spiro atoms. The summed E-state index contributed by atoms with van der Waals surface area (Å²) in [5.41, 5.74) is 29.8. The Labute approximate surface area is 566 Å². The van der Waals surface area contributed by atoms with Crippen LogP contribution in [0, 0.1) is 73.0 Å². The largest absolute Gasteiger partial charge is 0.309 e. The highest BCUT2D eigenvalue weighted by Crippen LogP contribution is 2.45. The molecule has 0 atom stereocenters. The maximum absolute atomic E-state index is 11.4. The first-order valence-corrected chi connectivity index (χ1v) is 32.7. The molecular formula is C90H69N7. The van der Waals surface area contributed by atoms with Gasteiger partial charge in [-0.25, -0.2) is 0 Å². The summed E-state index contributed by atoms with van der Waals surface area (Å²) in [5, 5.41) is 51.4. The monoisotopic (exact) mass is 1250 g/mol. The van der Waals surface area contributed by atoms with Crippen LogP contribution in [0.15, 0.2) is 248 Å². The van der Waals surface area contributed by atoms with Crippen molar-refractivity contribution in [2.24, 2.45) is 0 Å². The van der Waals surface area contributed by atoms with Gasteiger partial charge in [-0.1, -0.05) is 140 Å². The van der Waals surface area contributed by atoms with Crippen molar-refractivity contribution >= 4 is 76.6 Å². The van der Waals surface area contributed by atoms with E-state index in [1.165, 1.54) is 50.1 Å². The van der Waals surface area contributed by atoms with E-state index in [0.29, 0.717) is 33.6 Å². The summed E-state index contributed by atoms with van der Waals surface area (Å²) in [6.07, 6.45) is 4.00. The first-order chi connectivity index (χ1) is 47.0. The molecule has 14 rings (SSSR count). The number of aryl methyl sites for hydroxylation is 4. The molecule has 0 aliphatic carbocycles. The Hall–Kier alpha value is -12.5. The van der Waals surface area contributed by atoms with Crippen molar-refractivity contribution in [2.45, 2.75) is 69.2 Å². The van der Waals surface area contributed by atoms with E-state index in [0.717, 1.165) is 132 Å². The Morgan fingerprint density at radius 2 is 0.753 bits per heavy atom. The molecule has 464 valence electrons. The molecule has 3 heterocycles. The van der Waals surface area contributed by atoms with Crippen LogP contribution in [0.3, 0.4) is 0 Å². The van der Waals surface area contributed by atoms with Gasteiger partial charge in [-0.15, -0.1) is 0 Å². The number of benzene rings is 11. The molecule has 0 N–H and O–H groups in total.